The minimum atomic E-state index is -0.847. The third-order valence-electron chi connectivity index (χ3n) is 4.12. The zero-order valence-corrected chi connectivity index (χ0v) is 13.7. The monoisotopic (exact) mass is 330 g/mol. The summed E-state index contributed by atoms with van der Waals surface area (Å²) in [5.74, 6) is -0.0793. The number of carbonyl (C=O) groups is 1. The van der Waals surface area contributed by atoms with Crippen LogP contribution in [0, 0.1) is 0 Å². The Labute approximate surface area is 135 Å². The van der Waals surface area contributed by atoms with Gasteiger partial charge in [0.15, 0.2) is 0 Å². The molecule has 1 amide bonds. The Morgan fingerprint density at radius 2 is 2.00 bits per heavy atom. The maximum atomic E-state index is 12.7. The van der Waals surface area contributed by atoms with Crippen LogP contribution in [0.5, 0.6) is 0 Å². The summed E-state index contributed by atoms with van der Waals surface area (Å²) in [5.41, 5.74) is 6.26. The van der Waals surface area contributed by atoms with Gasteiger partial charge in [-0.2, -0.15) is 0 Å². The second-order valence-electron chi connectivity index (χ2n) is 5.53. The predicted octanol–water partition coefficient (Wildman–Crippen LogP) is 3.02. The Hall–Kier alpha value is -0.810. The summed E-state index contributed by atoms with van der Waals surface area (Å²) >= 11 is 12.1. The van der Waals surface area contributed by atoms with Gasteiger partial charge in [0.25, 0.3) is 0 Å². The highest BCUT2D eigenvalue weighted by Gasteiger charge is 2.39. The Bertz CT molecular complexity index is 530. The fourth-order valence-corrected chi connectivity index (χ4v) is 3.09. The molecule has 1 heterocycles. The van der Waals surface area contributed by atoms with Gasteiger partial charge < -0.3 is 15.4 Å². The molecule has 1 aliphatic heterocycles. The van der Waals surface area contributed by atoms with E-state index in [-0.39, 0.29) is 11.9 Å². The molecule has 0 aliphatic carbocycles. The lowest BCUT2D eigenvalue weighted by atomic mass is 9.89. The number of hydrogen-bond acceptors (Lipinski definition) is 3. The molecule has 2 rings (SSSR count). The molecule has 0 bridgehead atoms. The lowest BCUT2D eigenvalue weighted by Crippen LogP contribution is -2.57. The van der Waals surface area contributed by atoms with Crippen molar-refractivity contribution in [2.24, 2.45) is 5.73 Å². The summed E-state index contributed by atoms with van der Waals surface area (Å²) < 4.78 is 5.29. The van der Waals surface area contributed by atoms with E-state index in [1.807, 2.05) is 13.0 Å². The van der Waals surface area contributed by atoms with Crippen molar-refractivity contribution in [3.05, 3.63) is 33.8 Å². The van der Waals surface area contributed by atoms with Gasteiger partial charge in [-0.1, -0.05) is 29.3 Å². The van der Waals surface area contributed by atoms with Crippen molar-refractivity contribution < 1.29 is 9.53 Å². The van der Waals surface area contributed by atoms with Crippen molar-refractivity contribution in [1.29, 1.82) is 0 Å². The third-order valence-corrected chi connectivity index (χ3v) is 4.69. The molecule has 1 fully saturated rings. The number of nitrogens with two attached hydrogens (primary N) is 1. The van der Waals surface area contributed by atoms with Gasteiger partial charge in [-0.25, -0.2) is 0 Å². The lowest BCUT2D eigenvalue weighted by Gasteiger charge is -2.37. The number of benzene rings is 1. The Morgan fingerprint density at radius 1 is 1.38 bits per heavy atom. The Morgan fingerprint density at radius 3 is 2.57 bits per heavy atom. The molecule has 21 heavy (non-hydrogen) atoms. The van der Waals surface area contributed by atoms with Gasteiger partial charge in [0.1, 0.15) is 0 Å². The van der Waals surface area contributed by atoms with Crippen molar-refractivity contribution in [3.63, 3.8) is 0 Å². The van der Waals surface area contributed by atoms with E-state index in [0.717, 1.165) is 5.56 Å². The van der Waals surface area contributed by atoms with E-state index in [1.54, 1.807) is 24.1 Å². The first-order chi connectivity index (χ1) is 9.85. The van der Waals surface area contributed by atoms with E-state index in [2.05, 4.69) is 0 Å². The fourth-order valence-electron chi connectivity index (χ4n) is 2.53. The molecule has 0 spiro atoms. The minimum absolute atomic E-state index is 0.0793. The van der Waals surface area contributed by atoms with Crippen molar-refractivity contribution in [2.75, 3.05) is 20.3 Å². The van der Waals surface area contributed by atoms with Crippen LogP contribution in [0.1, 0.15) is 31.4 Å². The average molecular weight is 331 g/mol. The summed E-state index contributed by atoms with van der Waals surface area (Å²) in [5, 5.41) is 1.12. The summed E-state index contributed by atoms with van der Waals surface area (Å²) in [4.78, 5) is 14.3. The van der Waals surface area contributed by atoms with Gasteiger partial charge in [0.05, 0.1) is 11.6 Å². The van der Waals surface area contributed by atoms with E-state index < -0.39 is 5.54 Å². The van der Waals surface area contributed by atoms with Crippen LogP contribution in [0.4, 0.5) is 0 Å². The SMILES string of the molecule is CC(c1ccc(Cl)cc1Cl)N(C)C(=O)C1(N)CCOCC1. The first-order valence-electron chi connectivity index (χ1n) is 6.94. The zero-order valence-electron chi connectivity index (χ0n) is 12.2. The molecular formula is C15H20Cl2N2O2. The normalized spacial score (nSPS) is 19.1. The molecular weight excluding hydrogens is 311 g/mol. The maximum absolute atomic E-state index is 12.7. The van der Waals surface area contributed by atoms with Crippen LogP contribution < -0.4 is 5.73 Å². The number of halogens is 2. The third kappa shape index (κ3) is 3.51. The van der Waals surface area contributed by atoms with Crippen LogP contribution >= 0.6 is 23.2 Å². The van der Waals surface area contributed by atoms with E-state index in [1.165, 1.54) is 0 Å². The molecule has 4 nitrogen and oxygen atoms in total. The Kier molecular flexibility index (Phi) is 5.15. The molecule has 1 aromatic carbocycles. The highest BCUT2D eigenvalue weighted by atomic mass is 35.5. The molecule has 6 heteroatoms. The van der Waals surface area contributed by atoms with Crippen LogP contribution in [-0.4, -0.2) is 36.6 Å². The minimum Gasteiger partial charge on any atom is -0.381 e. The van der Waals surface area contributed by atoms with Gasteiger partial charge in [-0.3, -0.25) is 4.79 Å². The second-order valence-corrected chi connectivity index (χ2v) is 6.37. The summed E-state index contributed by atoms with van der Waals surface area (Å²) in [6.45, 7) is 2.97. The summed E-state index contributed by atoms with van der Waals surface area (Å²) in [6.07, 6.45) is 1.08. The largest absolute Gasteiger partial charge is 0.381 e. The lowest BCUT2D eigenvalue weighted by molar-refractivity contribution is -0.141. The van der Waals surface area contributed by atoms with Crippen LogP contribution in [0.25, 0.3) is 0 Å². The number of carbonyl (C=O) groups excluding carboxylic acids is 1. The maximum Gasteiger partial charge on any atom is 0.243 e. The standard InChI is InChI=1S/C15H20Cl2N2O2/c1-10(12-4-3-11(16)9-13(12)17)19(2)14(20)15(18)5-7-21-8-6-15/h3-4,9-10H,5-8,18H2,1-2H3. The molecule has 0 radical (unpaired) electrons. The fraction of sp³-hybridized carbons (Fsp3) is 0.533. The van der Waals surface area contributed by atoms with Crippen molar-refractivity contribution in [2.45, 2.75) is 31.3 Å². The number of nitrogens with zero attached hydrogens (tertiary/aromatic N) is 1. The molecule has 1 aliphatic rings. The second kappa shape index (κ2) is 6.53. The molecule has 0 aromatic heterocycles. The van der Waals surface area contributed by atoms with Gasteiger partial charge in [0.2, 0.25) is 5.91 Å². The molecule has 2 N–H and O–H groups in total. The summed E-state index contributed by atoms with van der Waals surface area (Å²) in [6, 6.07) is 5.11. The number of amides is 1. The Balaban J connectivity index is 2.18. The predicted molar refractivity (Wildman–Crippen MR) is 84.6 cm³/mol. The first kappa shape index (κ1) is 16.6. The van der Waals surface area contributed by atoms with E-state index in [0.29, 0.717) is 36.1 Å². The smallest absolute Gasteiger partial charge is 0.243 e. The van der Waals surface area contributed by atoms with Crippen molar-refractivity contribution >= 4 is 29.1 Å². The van der Waals surface area contributed by atoms with Gasteiger partial charge in [-0.15, -0.1) is 0 Å². The van der Waals surface area contributed by atoms with Crippen LogP contribution in [0.3, 0.4) is 0 Å². The van der Waals surface area contributed by atoms with Gasteiger partial charge in [0, 0.05) is 30.3 Å². The number of hydrogen-bond donors (Lipinski definition) is 1. The molecule has 1 unspecified atom stereocenters. The number of rotatable bonds is 3. The number of ether oxygens (including phenoxy) is 1. The average Bonchev–Trinajstić information content (AvgIpc) is 2.46. The van der Waals surface area contributed by atoms with Gasteiger partial charge in [-0.05, 0) is 37.5 Å². The first-order valence-corrected chi connectivity index (χ1v) is 7.69. The van der Waals surface area contributed by atoms with E-state index in [9.17, 15) is 4.79 Å². The van der Waals surface area contributed by atoms with Crippen LogP contribution in [0.15, 0.2) is 18.2 Å². The molecule has 1 aromatic rings. The zero-order chi connectivity index (χ0) is 15.6. The molecule has 0 saturated carbocycles. The van der Waals surface area contributed by atoms with Gasteiger partial charge >= 0.3 is 0 Å². The van der Waals surface area contributed by atoms with Crippen LogP contribution in [-0.2, 0) is 9.53 Å². The van der Waals surface area contributed by atoms with E-state index in [4.69, 9.17) is 33.7 Å². The highest BCUT2D eigenvalue weighted by Crippen LogP contribution is 2.31. The quantitative estimate of drug-likeness (QED) is 0.926. The number of likely N-dealkylation sites (N-methyl/N-ethyl adjacent to an activating group) is 1. The molecule has 116 valence electrons. The van der Waals surface area contributed by atoms with Crippen molar-refractivity contribution in [3.8, 4) is 0 Å². The highest BCUT2D eigenvalue weighted by molar-refractivity contribution is 6.35. The molecule has 1 atom stereocenters. The van der Waals surface area contributed by atoms with E-state index >= 15 is 0 Å². The van der Waals surface area contributed by atoms with Crippen molar-refractivity contribution in [1.82, 2.24) is 4.90 Å². The summed E-state index contributed by atoms with van der Waals surface area (Å²) in [7, 11) is 1.75. The van der Waals surface area contributed by atoms with Crippen LogP contribution in [0.2, 0.25) is 10.0 Å². The molecule has 1 saturated heterocycles. The topological polar surface area (TPSA) is 55.6 Å².